The minimum atomic E-state index is -0.626. The predicted molar refractivity (Wildman–Crippen MR) is 111 cm³/mol. The second-order valence-electron chi connectivity index (χ2n) is 7.19. The fourth-order valence-electron chi connectivity index (χ4n) is 3.38. The Hall–Kier alpha value is -3.71. The molecule has 2 aromatic rings. The Morgan fingerprint density at radius 1 is 1.07 bits per heavy atom. The van der Waals surface area contributed by atoms with E-state index in [-0.39, 0.29) is 42.6 Å². The van der Waals surface area contributed by atoms with Crippen LogP contribution in [0.1, 0.15) is 36.0 Å². The quantitative estimate of drug-likeness (QED) is 0.239. The molecule has 0 unspecified atom stereocenters. The second kappa shape index (κ2) is 9.67. The van der Waals surface area contributed by atoms with E-state index < -0.39 is 5.92 Å². The van der Waals surface area contributed by atoms with Crippen LogP contribution in [-0.4, -0.2) is 36.5 Å². The molecule has 0 aliphatic heterocycles. The number of Topliss-reactive ketones (excluding diaryl/α,β-unsaturated/α-hetero) is 2. The van der Waals surface area contributed by atoms with Gasteiger partial charge in [-0.25, -0.2) is 0 Å². The number of nitrogens with zero attached hydrogens (tertiary/aromatic N) is 3. The fraction of sp³-hybridized carbons (Fsp3) is 0.333. The summed E-state index contributed by atoms with van der Waals surface area (Å²) in [5.41, 5.74) is 9.29. The van der Waals surface area contributed by atoms with Gasteiger partial charge in [0.2, 0.25) is 5.91 Å². The third-order valence-corrected chi connectivity index (χ3v) is 4.87. The molecule has 2 aromatic carbocycles. The average molecular weight is 407 g/mol. The molecule has 0 spiro atoms. The highest BCUT2D eigenvalue weighted by atomic mass is 16.2. The first-order valence-corrected chi connectivity index (χ1v) is 9.63. The van der Waals surface area contributed by atoms with Crippen molar-refractivity contribution in [3.05, 3.63) is 52.4 Å². The zero-order chi connectivity index (χ0) is 21.5. The first-order valence-electron chi connectivity index (χ1n) is 9.63. The Balaban J connectivity index is 1.64. The molecule has 1 aliphatic rings. The second-order valence-corrected chi connectivity index (χ2v) is 7.19. The molecular weight excluding hydrogens is 386 g/mol. The van der Waals surface area contributed by atoms with E-state index >= 15 is 0 Å². The third-order valence-electron chi connectivity index (χ3n) is 4.87. The molecule has 154 valence electrons. The van der Waals surface area contributed by atoms with E-state index in [9.17, 15) is 19.2 Å². The molecule has 0 atom stereocenters. The molecule has 0 heterocycles. The summed E-state index contributed by atoms with van der Waals surface area (Å²) in [5.74, 6) is -1.59. The van der Waals surface area contributed by atoms with E-state index in [1.165, 1.54) is 0 Å². The van der Waals surface area contributed by atoms with Crippen LogP contribution in [0, 0.1) is 5.92 Å². The van der Waals surface area contributed by atoms with Crippen LogP contribution in [0.4, 0.5) is 5.69 Å². The fourth-order valence-corrected chi connectivity index (χ4v) is 3.38. The summed E-state index contributed by atoms with van der Waals surface area (Å²) in [5, 5.41) is 10.6. The van der Waals surface area contributed by atoms with Crippen molar-refractivity contribution >= 4 is 39.8 Å². The van der Waals surface area contributed by atoms with E-state index in [4.69, 9.17) is 5.53 Å². The predicted octanol–water partition coefficient (Wildman–Crippen LogP) is 3.15. The number of nitrogens with one attached hydrogen (secondary N) is 2. The number of anilines is 1. The summed E-state index contributed by atoms with van der Waals surface area (Å²) in [6.45, 7) is 0.735. The Kier molecular flexibility index (Phi) is 6.77. The monoisotopic (exact) mass is 407 g/mol. The number of carbonyl (C=O) groups excluding carboxylic acids is 4. The maximum absolute atomic E-state index is 12.4. The summed E-state index contributed by atoms with van der Waals surface area (Å²) >= 11 is 0. The summed E-state index contributed by atoms with van der Waals surface area (Å²) in [6, 6.07) is 10.5. The van der Waals surface area contributed by atoms with Crippen molar-refractivity contribution in [2.75, 3.05) is 18.4 Å². The summed E-state index contributed by atoms with van der Waals surface area (Å²) < 4.78 is 0. The standard InChI is InChI=1S/C21H21N5O4/c22-26-24-7-1-6-23-20(29)15-3-2-14-9-17(5-4-13(14)8-15)25-21(30)16-10-18(27)12-19(28)11-16/h2-5,8-9,16H,1,6-7,10-12H2,(H,23,29)(H,25,30). The largest absolute Gasteiger partial charge is 0.352 e. The van der Waals surface area contributed by atoms with Gasteiger partial charge in [0, 0.05) is 42.1 Å². The number of amides is 2. The van der Waals surface area contributed by atoms with Gasteiger partial charge in [-0.2, -0.15) is 0 Å². The molecule has 1 saturated carbocycles. The molecule has 2 amide bonds. The molecule has 2 N–H and O–H groups in total. The normalized spacial score (nSPS) is 14.3. The molecule has 9 nitrogen and oxygen atoms in total. The third kappa shape index (κ3) is 5.42. The van der Waals surface area contributed by atoms with Crippen LogP contribution in [-0.2, 0) is 14.4 Å². The number of rotatable bonds is 7. The number of ketones is 2. The van der Waals surface area contributed by atoms with Gasteiger partial charge in [0.1, 0.15) is 11.6 Å². The Morgan fingerprint density at radius 2 is 1.77 bits per heavy atom. The Bertz CT molecular complexity index is 1040. The van der Waals surface area contributed by atoms with E-state index in [2.05, 4.69) is 20.7 Å². The van der Waals surface area contributed by atoms with Gasteiger partial charge in [-0.05, 0) is 47.0 Å². The molecular formula is C21H21N5O4. The number of fused-ring (bicyclic) bond motifs is 1. The van der Waals surface area contributed by atoms with E-state index in [0.717, 1.165) is 10.8 Å². The van der Waals surface area contributed by atoms with Gasteiger partial charge in [0.15, 0.2) is 0 Å². The first-order chi connectivity index (χ1) is 14.5. The van der Waals surface area contributed by atoms with Crippen LogP contribution in [0.3, 0.4) is 0 Å². The minimum absolute atomic E-state index is 0.0799. The topological polar surface area (TPSA) is 141 Å². The Morgan fingerprint density at radius 3 is 2.50 bits per heavy atom. The molecule has 3 rings (SSSR count). The minimum Gasteiger partial charge on any atom is -0.352 e. The molecule has 30 heavy (non-hydrogen) atoms. The lowest BCUT2D eigenvalue weighted by atomic mass is 9.87. The highest BCUT2D eigenvalue weighted by molar-refractivity contribution is 6.07. The van der Waals surface area contributed by atoms with Crippen LogP contribution >= 0.6 is 0 Å². The van der Waals surface area contributed by atoms with Crippen molar-refractivity contribution in [3.8, 4) is 0 Å². The van der Waals surface area contributed by atoms with Gasteiger partial charge < -0.3 is 10.6 Å². The summed E-state index contributed by atoms with van der Waals surface area (Å²) in [4.78, 5) is 50.4. The van der Waals surface area contributed by atoms with Crippen molar-refractivity contribution < 1.29 is 19.2 Å². The maximum atomic E-state index is 12.4. The zero-order valence-electron chi connectivity index (χ0n) is 16.3. The van der Waals surface area contributed by atoms with E-state index in [1.807, 2.05) is 0 Å². The zero-order valence-corrected chi connectivity index (χ0v) is 16.3. The van der Waals surface area contributed by atoms with Crippen molar-refractivity contribution in [3.63, 3.8) is 0 Å². The number of carbonyl (C=O) groups is 4. The average Bonchev–Trinajstić information content (AvgIpc) is 2.72. The van der Waals surface area contributed by atoms with Crippen LogP contribution < -0.4 is 10.6 Å². The van der Waals surface area contributed by atoms with Crippen LogP contribution in [0.15, 0.2) is 41.5 Å². The highest BCUT2D eigenvalue weighted by Gasteiger charge is 2.30. The first kappa shape index (κ1) is 21.0. The highest BCUT2D eigenvalue weighted by Crippen LogP contribution is 2.24. The summed E-state index contributed by atoms with van der Waals surface area (Å²) in [7, 11) is 0. The molecule has 1 fully saturated rings. The maximum Gasteiger partial charge on any atom is 0.251 e. The Labute approximate surface area is 172 Å². The van der Waals surface area contributed by atoms with Gasteiger partial charge in [-0.1, -0.05) is 17.2 Å². The lowest BCUT2D eigenvalue weighted by molar-refractivity contribution is -0.136. The lowest BCUT2D eigenvalue weighted by Gasteiger charge is -2.19. The molecule has 9 heteroatoms. The van der Waals surface area contributed by atoms with Gasteiger partial charge in [0.25, 0.3) is 5.91 Å². The molecule has 0 radical (unpaired) electrons. The molecule has 0 bridgehead atoms. The smallest absolute Gasteiger partial charge is 0.251 e. The summed E-state index contributed by atoms with van der Waals surface area (Å²) in [6.07, 6.45) is 0.660. The van der Waals surface area contributed by atoms with Crippen LogP contribution in [0.25, 0.3) is 21.2 Å². The van der Waals surface area contributed by atoms with E-state index in [0.29, 0.717) is 30.8 Å². The molecule has 0 saturated heterocycles. The number of hydrogen-bond acceptors (Lipinski definition) is 5. The van der Waals surface area contributed by atoms with Crippen molar-refractivity contribution in [2.45, 2.75) is 25.7 Å². The number of azide groups is 1. The number of benzene rings is 2. The molecule has 0 aromatic heterocycles. The van der Waals surface area contributed by atoms with Crippen LogP contribution in [0.2, 0.25) is 0 Å². The van der Waals surface area contributed by atoms with Gasteiger partial charge in [-0.3, -0.25) is 19.2 Å². The van der Waals surface area contributed by atoms with Crippen molar-refractivity contribution in [2.24, 2.45) is 11.0 Å². The van der Waals surface area contributed by atoms with Crippen molar-refractivity contribution in [1.29, 1.82) is 0 Å². The SMILES string of the molecule is [N-]=[N+]=NCCCNC(=O)c1ccc2cc(NC(=O)C3CC(=O)CC(=O)C3)ccc2c1. The van der Waals surface area contributed by atoms with Gasteiger partial charge in [0.05, 0.1) is 12.3 Å². The molecule has 1 aliphatic carbocycles. The van der Waals surface area contributed by atoms with Gasteiger partial charge >= 0.3 is 0 Å². The van der Waals surface area contributed by atoms with Gasteiger partial charge in [-0.15, -0.1) is 0 Å². The number of hydrogen-bond donors (Lipinski definition) is 2. The van der Waals surface area contributed by atoms with Crippen LogP contribution in [0.5, 0.6) is 0 Å². The van der Waals surface area contributed by atoms with Crippen molar-refractivity contribution in [1.82, 2.24) is 5.32 Å². The van der Waals surface area contributed by atoms with E-state index in [1.54, 1.807) is 36.4 Å². The lowest BCUT2D eigenvalue weighted by Crippen LogP contribution is -2.32.